The molecule has 0 amide bonds. The maximum atomic E-state index is 12.5. The van der Waals surface area contributed by atoms with E-state index in [1.807, 2.05) is 13.8 Å². The van der Waals surface area contributed by atoms with Gasteiger partial charge in [0.25, 0.3) is 0 Å². The molecular weight excluding hydrogens is 339 g/mol. The Hall–Kier alpha value is -2.04. The highest BCUT2D eigenvalue weighted by molar-refractivity contribution is 4.96. The Balaban J connectivity index is 1.76. The van der Waals surface area contributed by atoms with Crippen LogP contribution < -0.4 is 0 Å². The van der Waals surface area contributed by atoms with Crippen LogP contribution >= 0.6 is 0 Å². The van der Waals surface area contributed by atoms with Crippen LogP contribution in [0.1, 0.15) is 62.8 Å². The molecule has 8 nitrogen and oxygen atoms in total. The maximum absolute atomic E-state index is 12.5. The van der Waals surface area contributed by atoms with Crippen molar-refractivity contribution in [1.82, 2.24) is 35.3 Å². The highest BCUT2D eigenvalue weighted by Gasteiger charge is 2.34. The molecule has 11 heteroatoms. The highest BCUT2D eigenvalue weighted by Crippen LogP contribution is 2.32. The van der Waals surface area contributed by atoms with Gasteiger partial charge in [0.2, 0.25) is 11.8 Å². The second-order valence-electron chi connectivity index (χ2n) is 6.44. The topological polar surface area (TPSA) is 85.8 Å². The van der Waals surface area contributed by atoms with Crippen molar-refractivity contribution in [3.05, 3.63) is 17.6 Å². The maximum Gasteiger partial charge on any atom is 0.397 e. The fraction of sp³-hybridized carbons (Fsp3) is 0.786. The van der Waals surface area contributed by atoms with Crippen molar-refractivity contribution in [2.24, 2.45) is 0 Å². The third kappa shape index (κ3) is 4.33. The van der Waals surface area contributed by atoms with Crippen molar-refractivity contribution in [3.8, 4) is 0 Å². The molecule has 0 spiro atoms. The number of rotatable bonds is 5. The Bertz CT molecular complexity index is 697. The minimum atomic E-state index is -4.37. The molecular formula is C14H20F3N7O. The molecule has 0 bridgehead atoms. The van der Waals surface area contributed by atoms with E-state index >= 15 is 0 Å². The van der Waals surface area contributed by atoms with E-state index in [2.05, 4.69) is 30.6 Å². The summed E-state index contributed by atoms with van der Waals surface area (Å²) in [7, 11) is 0. The van der Waals surface area contributed by atoms with E-state index in [9.17, 15) is 13.2 Å². The fourth-order valence-corrected chi connectivity index (χ4v) is 3.00. The molecule has 0 radical (unpaired) electrons. The first-order valence-electron chi connectivity index (χ1n) is 8.23. The molecule has 1 fully saturated rings. The molecule has 1 atom stereocenters. The minimum absolute atomic E-state index is 0.120. The molecule has 0 saturated carbocycles. The van der Waals surface area contributed by atoms with Crippen molar-refractivity contribution < 1.29 is 17.6 Å². The van der Waals surface area contributed by atoms with Gasteiger partial charge in [-0.1, -0.05) is 6.42 Å². The van der Waals surface area contributed by atoms with E-state index in [0.717, 1.165) is 25.8 Å². The molecule has 3 rings (SSSR count). The predicted molar refractivity (Wildman–Crippen MR) is 79.3 cm³/mol. The first kappa shape index (κ1) is 17.8. The smallest absolute Gasteiger partial charge is 0.397 e. The van der Waals surface area contributed by atoms with E-state index in [1.165, 1.54) is 0 Å². The molecule has 1 aliphatic rings. The van der Waals surface area contributed by atoms with Gasteiger partial charge in [0.15, 0.2) is 5.82 Å². The molecule has 0 unspecified atom stereocenters. The Kier molecular flexibility index (Phi) is 5.02. The molecule has 0 N–H and O–H groups in total. The van der Waals surface area contributed by atoms with Crippen molar-refractivity contribution in [1.29, 1.82) is 0 Å². The zero-order valence-electron chi connectivity index (χ0n) is 14.1. The molecule has 0 aliphatic carbocycles. The average Bonchev–Trinajstić information content (AvgIpc) is 3.15. The van der Waals surface area contributed by atoms with Gasteiger partial charge in [-0.25, -0.2) is 4.68 Å². The quantitative estimate of drug-likeness (QED) is 0.810. The monoisotopic (exact) mass is 359 g/mol. The number of tetrazole rings is 1. The summed E-state index contributed by atoms with van der Waals surface area (Å²) in [5, 5.41) is 19.1. The number of hydrogen-bond donors (Lipinski definition) is 0. The SMILES string of the molecule is CC(C)n1nnnc1CN1CCCC[C@@H]1c1nnc(CC(F)(F)F)o1. The second kappa shape index (κ2) is 7.06. The van der Waals surface area contributed by atoms with Crippen LogP contribution in [0.3, 0.4) is 0 Å². The molecule has 138 valence electrons. The number of nitrogens with zero attached hydrogens (tertiary/aromatic N) is 7. The highest BCUT2D eigenvalue weighted by atomic mass is 19.4. The normalized spacial score (nSPS) is 19.7. The van der Waals surface area contributed by atoms with E-state index in [1.54, 1.807) is 4.68 Å². The lowest BCUT2D eigenvalue weighted by Crippen LogP contribution is -2.34. The van der Waals surface area contributed by atoms with Gasteiger partial charge in [0.05, 0.1) is 18.6 Å². The summed E-state index contributed by atoms with van der Waals surface area (Å²) in [6.45, 7) is 5.21. The molecule has 2 aromatic rings. The summed E-state index contributed by atoms with van der Waals surface area (Å²) in [6.07, 6.45) is -2.89. The van der Waals surface area contributed by atoms with Gasteiger partial charge in [0, 0.05) is 0 Å². The first-order chi connectivity index (χ1) is 11.8. The van der Waals surface area contributed by atoms with Crippen LogP contribution in [0.5, 0.6) is 0 Å². The lowest BCUT2D eigenvalue weighted by molar-refractivity contribution is -0.131. The Morgan fingerprint density at radius 1 is 1.20 bits per heavy atom. The number of likely N-dealkylation sites (tertiary alicyclic amines) is 1. The summed E-state index contributed by atoms with van der Waals surface area (Å²) in [4.78, 5) is 2.08. The third-order valence-corrected chi connectivity index (χ3v) is 4.13. The van der Waals surface area contributed by atoms with Crippen LogP contribution in [0.4, 0.5) is 13.2 Å². The molecule has 25 heavy (non-hydrogen) atoms. The predicted octanol–water partition coefficient (Wildman–Crippen LogP) is 2.47. The van der Waals surface area contributed by atoms with E-state index in [-0.39, 0.29) is 18.0 Å². The van der Waals surface area contributed by atoms with Crippen molar-refractivity contribution in [3.63, 3.8) is 0 Å². The van der Waals surface area contributed by atoms with Gasteiger partial charge < -0.3 is 4.42 Å². The van der Waals surface area contributed by atoms with Gasteiger partial charge in [0.1, 0.15) is 6.42 Å². The Labute approximate surface area is 142 Å². The number of alkyl halides is 3. The van der Waals surface area contributed by atoms with E-state index in [0.29, 0.717) is 12.4 Å². The van der Waals surface area contributed by atoms with Crippen LogP contribution in [0.2, 0.25) is 0 Å². The lowest BCUT2D eigenvalue weighted by atomic mass is 10.0. The second-order valence-corrected chi connectivity index (χ2v) is 6.44. The fourth-order valence-electron chi connectivity index (χ4n) is 3.00. The van der Waals surface area contributed by atoms with Crippen LogP contribution in [0.25, 0.3) is 0 Å². The summed E-state index contributed by atoms with van der Waals surface area (Å²) in [6, 6.07) is -0.101. The molecule has 0 aromatic carbocycles. The van der Waals surface area contributed by atoms with Gasteiger partial charge in [-0.2, -0.15) is 13.2 Å². The third-order valence-electron chi connectivity index (χ3n) is 4.13. The van der Waals surface area contributed by atoms with E-state index < -0.39 is 18.5 Å². The zero-order valence-corrected chi connectivity index (χ0v) is 14.1. The standard InChI is InChI=1S/C14H20F3N7O/c1-9(2)24-11(18-21-22-24)8-23-6-4-3-5-10(23)13-20-19-12(25-13)7-14(15,16)17/h9-10H,3-8H2,1-2H3/t10-/m1/s1. The summed E-state index contributed by atoms with van der Waals surface area (Å²) in [5.74, 6) is 0.527. The number of aromatic nitrogens is 6. The Morgan fingerprint density at radius 3 is 2.72 bits per heavy atom. The zero-order chi connectivity index (χ0) is 18.0. The average molecular weight is 359 g/mol. The minimum Gasteiger partial charge on any atom is -0.423 e. The van der Waals surface area contributed by atoms with Gasteiger partial charge in [-0.3, -0.25) is 4.90 Å². The van der Waals surface area contributed by atoms with Crippen molar-refractivity contribution in [2.75, 3.05) is 6.54 Å². The number of hydrogen-bond acceptors (Lipinski definition) is 7. The largest absolute Gasteiger partial charge is 0.423 e. The molecule has 1 aliphatic heterocycles. The first-order valence-corrected chi connectivity index (χ1v) is 8.23. The Morgan fingerprint density at radius 2 is 2.00 bits per heavy atom. The van der Waals surface area contributed by atoms with Crippen LogP contribution in [0, 0.1) is 0 Å². The molecule has 1 saturated heterocycles. The molecule has 2 aromatic heterocycles. The van der Waals surface area contributed by atoms with Crippen molar-refractivity contribution >= 4 is 0 Å². The van der Waals surface area contributed by atoms with Gasteiger partial charge in [-0.05, 0) is 43.7 Å². The lowest BCUT2D eigenvalue weighted by Gasteiger charge is -2.32. The van der Waals surface area contributed by atoms with Crippen LogP contribution in [0.15, 0.2) is 4.42 Å². The summed E-state index contributed by atoms with van der Waals surface area (Å²) >= 11 is 0. The number of halogens is 3. The van der Waals surface area contributed by atoms with Crippen LogP contribution in [-0.4, -0.2) is 48.0 Å². The number of piperidine rings is 1. The van der Waals surface area contributed by atoms with Gasteiger partial charge in [-0.15, -0.1) is 15.3 Å². The van der Waals surface area contributed by atoms with Gasteiger partial charge >= 0.3 is 6.18 Å². The van der Waals surface area contributed by atoms with Crippen molar-refractivity contribution in [2.45, 2.75) is 64.3 Å². The van der Waals surface area contributed by atoms with Crippen LogP contribution in [-0.2, 0) is 13.0 Å². The summed E-state index contributed by atoms with van der Waals surface area (Å²) in [5.41, 5.74) is 0. The van der Waals surface area contributed by atoms with E-state index in [4.69, 9.17) is 4.42 Å². The summed E-state index contributed by atoms with van der Waals surface area (Å²) < 4.78 is 44.5. The molecule has 3 heterocycles.